The second kappa shape index (κ2) is 5.03. The van der Waals surface area contributed by atoms with E-state index in [2.05, 4.69) is 0 Å². The first-order valence-electron chi connectivity index (χ1n) is 6.44. The normalized spacial score (nSPS) is 24.8. The molecular formula is C13H13ClN2O4. The average Bonchev–Trinajstić information content (AvgIpc) is 2.75. The zero-order valence-electron chi connectivity index (χ0n) is 10.6. The van der Waals surface area contributed by atoms with E-state index in [1.165, 1.54) is 12.1 Å². The predicted molar refractivity (Wildman–Crippen MR) is 71.9 cm³/mol. The fourth-order valence-electron chi connectivity index (χ4n) is 2.82. The molecule has 1 amide bonds. The van der Waals surface area contributed by atoms with Gasteiger partial charge in [0.1, 0.15) is 10.6 Å². The van der Waals surface area contributed by atoms with E-state index in [1.807, 2.05) is 0 Å². The van der Waals surface area contributed by atoms with Crippen LogP contribution in [0.25, 0.3) is 0 Å². The minimum atomic E-state index is -0.607. The summed E-state index contributed by atoms with van der Waals surface area (Å²) in [6.45, 7) is 0.970. The number of fused-ring (bicyclic) bond motifs is 2. The van der Waals surface area contributed by atoms with Crippen LogP contribution >= 0.6 is 11.6 Å². The zero-order valence-corrected chi connectivity index (χ0v) is 11.4. The third-order valence-corrected chi connectivity index (χ3v) is 4.04. The van der Waals surface area contributed by atoms with E-state index < -0.39 is 4.92 Å². The molecule has 0 aliphatic carbocycles. The van der Waals surface area contributed by atoms with Gasteiger partial charge in [0, 0.05) is 13.1 Å². The molecule has 0 aromatic heterocycles. The number of likely N-dealkylation sites (tertiary alicyclic amines) is 1. The number of nitrogens with zero attached hydrogens (tertiary/aromatic N) is 2. The van der Waals surface area contributed by atoms with Crippen molar-refractivity contribution in [3.05, 3.63) is 38.9 Å². The van der Waals surface area contributed by atoms with Crippen molar-refractivity contribution in [3.63, 3.8) is 0 Å². The molecule has 0 N–H and O–H groups in total. The molecule has 20 heavy (non-hydrogen) atoms. The Balaban J connectivity index is 1.91. The van der Waals surface area contributed by atoms with E-state index in [0.29, 0.717) is 13.1 Å². The fraction of sp³-hybridized carbons (Fsp3) is 0.462. The lowest BCUT2D eigenvalue weighted by Crippen LogP contribution is -2.45. The molecule has 1 aromatic carbocycles. The van der Waals surface area contributed by atoms with Crippen molar-refractivity contribution in [3.8, 4) is 0 Å². The third kappa shape index (κ3) is 2.25. The van der Waals surface area contributed by atoms with Gasteiger partial charge in [-0.3, -0.25) is 14.9 Å². The van der Waals surface area contributed by atoms with Crippen LogP contribution in [0.2, 0.25) is 5.02 Å². The Kier molecular flexibility index (Phi) is 3.35. The van der Waals surface area contributed by atoms with Gasteiger partial charge in [-0.1, -0.05) is 17.7 Å². The van der Waals surface area contributed by atoms with Gasteiger partial charge in [0.05, 0.1) is 17.1 Å². The highest BCUT2D eigenvalue weighted by atomic mass is 35.5. The number of halogens is 1. The Morgan fingerprint density at radius 2 is 2.00 bits per heavy atom. The second-order valence-electron chi connectivity index (χ2n) is 5.06. The number of hydrogen-bond acceptors (Lipinski definition) is 4. The number of carbonyl (C=O) groups is 1. The van der Waals surface area contributed by atoms with E-state index in [9.17, 15) is 14.9 Å². The standard InChI is InChI=1S/C13H13ClN2O4/c14-11-3-1-2-10(12(11)16(18)19)13(17)15-6-8-4-5-9(7-15)20-8/h1-3,8-9H,4-7H2. The zero-order chi connectivity index (χ0) is 14.3. The van der Waals surface area contributed by atoms with Gasteiger partial charge in [-0.15, -0.1) is 0 Å². The lowest BCUT2D eigenvalue weighted by atomic mass is 10.1. The Morgan fingerprint density at radius 3 is 2.60 bits per heavy atom. The number of nitro groups is 1. The van der Waals surface area contributed by atoms with Crippen molar-refractivity contribution in [1.29, 1.82) is 0 Å². The molecule has 3 rings (SSSR count). The lowest BCUT2D eigenvalue weighted by molar-refractivity contribution is -0.385. The molecule has 2 fully saturated rings. The first kappa shape index (κ1) is 13.3. The van der Waals surface area contributed by atoms with Crippen LogP contribution in [0.4, 0.5) is 5.69 Å². The van der Waals surface area contributed by atoms with Crippen LogP contribution in [-0.4, -0.2) is 41.0 Å². The number of amides is 1. The van der Waals surface area contributed by atoms with Gasteiger partial charge >= 0.3 is 5.69 Å². The van der Waals surface area contributed by atoms with Crippen molar-refractivity contribution >= 4 is 23.2 Å². The minimum Gasteiger partial charge on any atom is -0.371 e. The number of hydrogen-bond donors (Lipinski definition) is 0. The fourth-order valence-corrected chi connectivity index (χ4v) is 3.07. The van der Waals surface area contributed by atoms with Crippen molar-refractivity contribution < 1.29 is 14.5 Å². The summed E-state index contributed by atoms with van der Waals surface area (Å²) in [4.78, 5) is 24.6. The van der Waals surface area contributed by atoms with Crippen LogP contribution in [0, 0.1) is 10.1 Å². The van der Waals surface area contributed by atoms with E-state index >= 15 is 0 Å². The largest absolute Gasteiger partial charge is 0.371 e. The summed E-state index contributed by atoms with van der Waals surface area (Å²) in [5.74, 6) is -0.348. The van der Waals surface area contributed by atoms with Crippen LogP contribution in [0.1, 0.15) is 23.2 Å². The average molecular weight is 297 g/mol. The minimum absolute atomic E-state index is 0.0166. The van der Waals surface area contributed by atoms with Crippen molar-refractivity contribution in [1.82, 2.24) is 4.90 Å². The molecule has 2 unspecified atom stereocenters. The number of benzene rings is 1. The number of nitro benzene ring substituents is 1. The smallest absolute Gasteiger partial charge is 0.300 e. The van der Waals surface area contributed by atoms with Crippen LogP contribution < -0.4 is 0 Å². The topological polar surface area (TPSA) is 72.7 Å². The number of rotatable bonds is 2. The van der Waals surface area contributed by atoms with Gasteiger partial charge in [-0.2, -0.15) is 0 Å². The predicted octanol–water partition coefficient (Wildman–Crippen LogP) is 2.25. The van der Waals surface area contributed by atoms with E-state index in [-0.39, 0.29) is 34.4 Å². The summed E-state index contributed by atoms with van der Waals surface area (Å²) < 4.78 is 5.66. The van der Waals surface area contributed by atoms with Gasteiger partial charge in [-0.25, -0.2) is 0 Å². The molecule has 106 valence electrons. The van der Waals surface area contributed by atoms with Crippen LogP contribution in [-0.2, 0) is 4.74 Å². The molecule has 2 bridgehead atoms. The summed E-state index contributed by atoms with van der Waals surface area (Å²) in [5, 5.41) is 11.1. The highest BCUT2D eigenvalue weighted by molar-refractivity contribution is 6.33. The van der Waals surface area contributed by atoms with Crippen molar-refractivity contribution in [2.45, 2.75) is 25.0 Å². The van der Waals surface area contributed by atoms with Gasteiger partial charge < -0.3 is 9.64 Å². The highest BCUT2D eigenvalue weighted by Gasteiger charge is 2.37. The van der Waals surface area contributed by atoms with Crippen molar-refractivity contribution in [2.75, 3.05) is 13.1 Å². The first-order chi connectivity index (χ1) is 9.56. The Bertz CT molecular complexity index is 565. The molecule has 6 nitrogen and oxygen atoms in total. The summed E-state index contributed by atoms with van der Waals surface area (Å²) >= 11 is 5.84. The van der Waals surface area contributed by atoms with Gasteiger partial charge in [0.25, 0.3) is 5.91 Å². The van der Waals surface area contributed by atoms with E-state index in [0.717, 1.165) is 12.8 Å². The Morgan fingerprint density at radius 1 is 1.35 bits per heavy atom. The van der Waals surface area contributed by atoms with E-state index in [1.54, 1.807) is 11.0 Å². The summed E-state index contributed by atoms with van der Waals surface area (Å²) in [5.41, 5.74) is -0.276. The molecule has 2 aliphatic rings. The molecule has 0 radical (unpaired) electrons. The van der Waals surface area contributed by atoms with E-state index in [4.69, 9.17) is 16.3 Å². The molecule has 2 aliphatic heterocycles. The number of para-hydroxylation sites is 1. The van der Waals surface area contributed by atoms with Crippen LogP contribution in [0.15, 0.2) is 18.2 Å². The summed E-state index contributed by atoms with van der Waals surface area (Å²) in [7, 11) is 0. The molecular weight excluding hydrogens is 284 g/mol. The number of morpholine rings is 1. The first-order valence-corrected chi connectivity index (χ1v) is 6.81. The molecule has 2 heterocycles. The third-order valence-electron chi connectivity index (χ3n) is 3.73. The summed E-state index contributed by atoms with van der Waals surface area (Å²) in [6, 6.07) is 4.42. The van der Waals surface area contributed by atoms with Gasteiger partial charge in [0.15, 0.2) is 0 Å². The SMILES string of the molecule is O=C(c1cccc(Cl)c1[N+](=O)[O-])N1CC2CCC(C1)O2. The molecule has 1 aromatic rings. The molecule has 2 atom stereocenters. The lowest BCUT2D eigenvalue weighted by Gasteiger charge is -2.32. The quantitative estimate of drug-likeness (QED) is 0.620. The highest BCUT2D eigenvalue weighted by Crippen LogP contribution is 2.32. The Labute approximate surface area is 120 Å². The monoisotopic (exact) mass is 296 g/mol. The Hall–Kier alpha value is -1.66. The maximum Gasteiger partial charge on any atom is 0.300 e. The van der Waals surface area contributed by atoms with Gasteiger partial charge in [0.2, 0.25) is 0 Å². The second-order valence-corrected chi connectivity index (χ2v) is 5.47. The van der Waals surface area contributed by atoms with Crippen LogP contribution in [0.3, 0.4) is 0 Å². The molecule has 0 spiro atoms. The number of ether oxygens (including phenoxy) is 1. The molecule has 0 saturated carbocycles. The van der Waals surface area contributed by atoms with Gasteiger partial charge in [-0.05, 0) is 25.0 Å². The summed E-state index contributed by atoms with van der Waals surface area (Å²) in [6.07, 6.45) is 1.98. The number of carbonyl (C=O) groups excluding carboxylic acids is 1. The van der Waals surface area contributed by atoms with Crippen molar-refractivity contribution in [2.24, 2.45) is 0 Å². The van der Waals surface area contributed by atoms with Crippen LogP contribution in [0.5, 0.6) is 0 Å². The molecule has 2 saturated heterocycles. The maximum atomic E-state index is 12.5. The molecule has 7 heteroatoms. The maximum absolute atomic E-state index is 12.5.